The number of hydrogen-bond donors (Lipinski definition) is 0. The smallest absolute Gasteiger partial charge is 0.309 e. The second-order valence-electron chi connectivity index (χ2n) is 5.28. The molecule has 0 spiro atoms. The Kier molecular flexibility index (Phi) is 4.25. The summed E-state index contributed by atoms with van der Waals surface area (Å²) in [6, 6.07) is 9.08. The van der Waals surface area contributed by atoms with Crippen molar-refractivity contribution in [2.24, 2.45) is 5.92 Å². The normalized spacial score (nSPS) is 15.3. The van der Waals surface area contributed by atoms with Gasteiger partial charge in [-0.15, -0.1) is 0 Å². The van der Waals surface area contributed by atoms with Gasteiger partial charge in [-0.25, -0.2) is 0 Å². The molecule has 5 heteroatoms. The van der Waals surface area contributed by atoms with E-state index in [1.54, 1.807) is 18.2 Å². The van der Waals surface area contributed by atoms with Crippen LogP contribution in [0.25, 0.3) is 11.3 Å². The van der Waals surface area contributed by atoms with Gasteiger partial charge in [-0.1, -0.05) is 29.6 Å². The zero-order valence-electron chi connectivity index (χ0n) is 11.5. The van der Waals surface area contributed by atoms with Gasteiger partial charge >= 0.3 is 5.97 Å². The molecule has 110 valence electrons. The van der Waals surface area contributed by atoms with Gasteiger partial charge in [-0.3, -0.25) is 4.79 Å². The molecule has 1 fully saturated rings. The van der Waals surface area contributed by atoms with Crippen LogP contribution in [-0.4, -0.2) is 11.1 Å². The largest absolute Gasteiger partial charge is 0.459 e. The van der Waals surface area contributed by atoms with Crippen LogP contribution in [0.5, 0.6) is 0 Å². The molecule has 0 atom stereocenters. The fourth-order valence-electron chi connectivity index (χ4n) is 2.55. The highest BCUT2D eigenvalue weighted by Gasteiger charge is 2.24. The van der Waals surface area contributed by atoms with Crippen molar-refractivity contribution in [2.45, 2.75) is 32.3 Å². The maximum absolute atomic E-state index is 11.8. The maximum Gasteiger partial charge on any atom is 0.309 e. The minimum atomic E-state index is -0.122. The van der Waals surface area contributed by atoms with Gasteiger partial charge in [0.2, 0.25) is 0 Å². The number of benzene rings is 1. The number of rotatable bonds is 4. The molecule has 1 aliphatic rings. The van der Waals surface area contributed by atoms with Crippen molar-refractivity contribution in [1.29, 1.82) is 0 Å². The number of ether oxygens (including phenoxy) is 1. The fourth-order valence-corrected chi connectivity index (χ4v) is 2.68. The topological polar surface area (TPSA) is 52.3 Å². The zero-order valence-corrected chi connectivity index (χ0v) is 12.3. The number of carbonyl (C=O) groups is 1. The summed E-state index contributed by atoms with van der Waals surface area (Å²) in [6.45, 7) is 0.159. The lowest BCUT2D eigenvalue weighted by Gasteiger charge is -2.07. The predicted octanol–water partition coefficient (Wildman–Crippen LogP) is 4.23. The first-order valence-electron chi connectivity index (χ1n) is 7.10. The standard InChI is InChI=1S/C16H16ClNO3/c17-13-7-5-11(6-8-13)15-9-14(18-21-15)10-20-16(19)12-3-1-2-4-12/h5-9,12H,1-4,10H2. The lowest BCUT2D eigenvalue weighted by atomic mass is 10.1. The van der Waals surface area contributed by atoms with E-state index in [0.29, 0.717) is 16.5 Å². The average Bonchev–Trinajstić information content (AvgIpc) is 3.17. The number of carbonyl (C=O) groups excluding carboxylic acids is 1. The Balaban J connectivity index is 1.60. The van der Waals surface area contributed by atoms with Crippen molar-refractivity contribution < 1.29 is 14.1 Å². The number of aromatic nitrogens is 1. The summed E-state index contributed by atoms with van der Waals surface area (Å²) in [6.07, 6.45) is 4.11. The molecule has 0 unspecified atom stereocenters. The van der Waals surface area contributed by atoms with Crippen LogP contribution >= 0.6 is 11.6 Å². The van der Waals surface area contributed by atoms with Gasteiger partial charge < -0.3 is 9.26 Å². The molecule has 0 bridgehead atoms. The second kappa shape index (κ2) is 6.31. The molecule has 0 radical (unpaired) electrons. The summed E-state index contributed by atoms with van der Waals surface area (Å²) in [5.74, 6) is 0.578. The number of esters is 1. The van der Waals surface area contributed by atoms with Gasteiger partial charge in [-0.05, 0) is 37.1 Å². The van der Waals surface area contributed by atoms with Crippen molar-refractivity contribution in [3.05, 3.63) is 41.0 Å². The zero-order chi connectivity index (χ0) is 14.7. The highest BCUT2D eigenvalue weighted by atomic mass is 35.5. The van der Waals surface area contributed by atoms with E-state index in [-0.39, 0.29) is 18.5 Å². The Morgan fingerprint density at radius 3 is 2.71 bits per heavy atom. The maximum atomic E-state index is 11.8. The Morgan fingerprint density at radius 1 is 1.29 bits per heavy atom. The summed E-state index contributed by atoms with van der Waals surface area (Å²) >= 11 is 5.85. The van der Waals surface area contributed by atoms with E-state index in [4.69, 9.17) is 20.9 Å². The van der Waals surface area contributed by atoms with Gasteiger partial charge in [0.25, 0.3) is 0 Å². The van der Waals surface area contributed by atoms with E-state index in [9.17, 15) is 4.79 Å². The Bertz CT molecular complexity index is 615. The first kappa shape index (κ1) is 14.1. The van der Waals surface area contributed by atoms with Crippen LogP contribution in [0.4, 0.5) is 0 Å². The third-order valence-corrected chi connectivity index (χ3v) is 3.99. The van der Waals surface area contributed by atoms with E-state index < -0.39 is 0 Å². The second-order valence-corrected chi connectivity index (χ2v) is 5.71. The first-order chi connectivity index (χ1) is 10.2. The predicted molar refractivity (Wildman–Crippen MR) is 78.7 cm³/mol. The minimum absolute atomic E-state index is 0.0626. The first-order valence-corrected chi connectivity index (χ1v) is 7.48. The quantitative estimate of drug-likeness (QED) is 0.793. The van der Waals surface area contributed by atoms with E-state index in [1.165, 1.54) is 0 Å². The number of halogens is 1. The van der Waals surface area contributed by atoms with Crippen LogP contribution < -0.4 is 0 Å². The lowest BCUT2D eigenvalue weighted by molar-refractivity contribution is -0.149. The molecule has 1 saturated carbocycles. The molecule has 1 aromatic carbocycles. The molecule has 1 heterocycles. The molecular formula is C16H16ClNO3. The Hall–Kier alpha value is -1.81. The Morgan fingerprint density at radius 2 is 2.00 bits per heavy atom. The minimum Gasteiger partial charge on any atom is -0.459 e. The average molecular weight is 306 g/mol. The third-order valence-electron chi connectivity index (χ3n) is 3.74. The monoisotopic (exact) mass is 305 g/mol. The van der Waals surface area contributed by atoms with Crippen molar-refractivity contribution in [1.82, 2.24) is 5.16 Å². The fraction of sp³-hybridized carbons (Fsp3) is 0.375. The molecule has 2 aromatic rings. The number of hydrogen-bond acceptors (Lipinski definition) is 4. The molecule has 0 N–H and O–H groups in total. The van der Waals surface area contributed by atoms with Gasteiger partial charge in [0, 0.05) is 16.7 Å². The summed E-state index contributed by atoms with van der Waals surface area (Å²) < 4.78 is 10.6. The van der Waals surface area contributed by atoms with Gasteiger partial charge in [0.05, 0.1) is 5.92 Å². The van der Waals surface area contributed by atoms with E-state index in [2.05, 4.69) is 5.16 Å². The van der Waals surface area contributed by atoms with Crippen LogP contribution in [-0.2, 0) is 16.1 Å². The van der Waals surface area contributed by atoms with E-state index in [1.807, 2.05) is 12.1 Å². The van der Waals surface area contributed by atoms with Gasteiger partial charge in [-0.2, -0.15) is 0 Å². The van der Waals surface area contributed by atoms with Crippen LogP contribution in [0.15, 0.2) is 34.9 Å². The van der Waals surface area contributed by atoms with Crippen molar-refractivity contribution >= 4 is 17.6 Å². The summed E-state index contributed by atoms with van der Waals surface area (Å²) in [4.78, 5) is 11.8. The molecule has 0 amide bonds. The molecule has 21 heavy (non-hydrogen) atoms. The lowest BCUT2D eigenvalue weighted by Crippen LogP contribution is -2.14. The molecule has 0 saturated heterocycles. The SMILES string of the molecule is O=C(OCc1cc(-c2ccc(Cl)cc2)on1)C1CCCC1. The van der Waals surface area contributed by atoms with Crippen LogP contribution in [0.1, 0.15) is 31.4 Å². The molecular weight excluding hydrogens is 290 g/mol. The van der Waals surface area contributed by atoms with Crippen LogP contribution in [0, 0.1) is 5.92 Å². The van der Waals surface area contributed by atoms with Crippen molar-refractivity contribution in [3.63, 3.8) is 0 Å². The van der Waals surface area contributed by atoms with Crippen LogP contribution in [0.2, 0.25) is 5.02 Å². The van der Waals surface area contributed by atoms with Gasteiger partial charge in [0.1, 0.15) is 12.3 Å². The molecule has 3 rings (SSSR count). The van der Waals surface area contributed by atoms with Crippen LogP contribution in [0.3, 0.4) is 0 Å². The summed E-state index contributed by atoms with van der Waals surface area (Å²) in [5.41, 5.74) is 1.51. The third kappa shape index (κ3) is 3.45. The molecule has 1 aromatic heterocycles. The summed E-state index contributed by atoms with van der Waals surface area (Å²) in [5, 5.41) is 4.60. The van der Waals surface area contributed by atoms with Gasteiger partial charge in [0.15, 0.2) is 5.76 Å². The molecule has 4 nitrogen and oxygen atoms in total. The highest BCUT2D eigenvalue weighted by Crippen LogP contribution is 2.26. The number of nitrogens with zero attached hydrogens (tertiary/aromatic N) is 1. The Labute approximate surface area is 128 Å². The van der Waals surface area contributed by atoms with Crippen molar-refractivity contribution in [2.75, 3.05) is 0 Å². The van der Waals surface area contributed by atoms with E-state index in [0.717, 1.165) is 31.2 Å². The molecule has 1 aliphatic carbocycles. The van der Waals surface area contributed by atoms with E-state index >= 15 is 0 Å². The molecule has 0 aliphatic heterocycles. The van der Waals surface area contributed by atoms with Crippen molar-refractivity contribution in [3.8, 4) is 11.3 Å². The highest BCUT2D eigenvalue weighted by molar-refractivity contribution is 6.30. The summed E-state index contributed by atoms with van der Waals surface area (Å²) in [7, 11) is 0.